The van der Waals surface area contributed by atoms with E-state index in [1.165, 1.54) is 0 Å². The number of benzene rings is 1. The Hall–Kier alpha value is -1.57. The number of hydrogen-bond acceptors (Lipinski definition) is 5. The predicted octanol–water partition coefficient (Wildman–Crippen LogP) is 1.61. The lowest BCUT2D eigenvalue weighted by Crippen LogP contribution is -2.36. The van der Waals surface area contributed by atoms with Crippen molar-refractivity contribution < 1.29 is 18.9 Å². The molecule has 1 aromatic rings. The molecule has 0 heterocycles. The standard InChI is InChI=1S/C13H20N2O4S/c1-16-9-5-6-11(17-2)10(7-9)15-13(20)14-8-12(18-3)19-4/h5-7,12H,8H2,1-4H3,(H2,14,15,20). The number of nitrogens with one attached hydrogen (secondary N) is 2. The number of hydrogen-bond donors (Lipinski definition) is 2. The zero-order valence-corrected chi connectivity index (χ0v) is 12.9. The van der Waals surface area contributed by atoms with Gasteiger partial charge in [0.05, 0.1) is 26.5 Å². The van der Waals surface area contributed by atoms with Gasteiger partial charge in [0.15, 0.2) is 11.4 Å². The zero-order valence-electron chi connectivity index (χ0n) is 12.1. The van der Waals surface area contributed by atoms with Crippen molar-refractivity contribution in [2.45, 2.75) is 6.29 Å². The van der Waals surface area contributed by atoms with Gasteiger partial charge in [-0.1, -0.05) is 0 Å². The molecule has 0 bridgehead atoms. The summed E-state index contributed by atoms with van der Waals surface area (Å²) in [5.74, 6) is 1.38. The summed E-state index contributed by atoms with van der Waals surface area (Å²) in [5, 5.41) is 6.48. The van der Waals surface area contributed by atoms with Gasteiger partial charge in [-0.25, -0.2) is 0 Å². The summed E-state index contributed by atoms with van der Waals surface area (Å²) in [6, 6.07) is 5.42. The van der Waals surface area contributed by atoms with Crippen molar-refractivity contribution in [3.8, 4) is 11.5 Å². The third kappa shape index (κ3) is 4.84. The first-order valence-electron chi connectivity index (χ1n) is 5.97. The van der Waals surface area contributed by atoms with E-state index in [-0.39, 0.29) is 6.29 Å². The van der Waals surface area contributed by atoms with Crippen molar-refractivity contribution in [3.63, 3.8) is 0 Å². The zero-order chi connectivity index (χ0) is 15.0. The normalized spacial score (nSPS) is 10.2. The van der Waals surface area contributed by atoms with Gasteiger partial charge >= 0.3 is 0 Å². The number of ether oxygens (including phenoxy) is 4. The molecule has 0 radical (unpaired) electrons. The SMILES string of the molecule is COc1ccc(OC)c(NC(=S)NCC(OC)OC)c1. The molecule has 1 aromatic carbocycles. The van der Waals surface area contributed by atoms with E-state index >= 15 is 0 Å². The Morgan fingerprint density at radius 2 is 1.85 bits per heavy atom. The Morgan fingerprint density at radius 3 is 2.40 bits per heavy atom. The topological polar surface area (TPSA) is 61.0 Å². The molecule has 20 heavy (non-hydrogen) atoms. The van der Waals surface area contributed by atoms with E-state index in [1.54, 1.807) is 40.6 Å². The summed E-state index contributed by atoms with van der Waals surface area (Å²) < 4.78 is 20.6. The first-order valence-corrected chi connectivity index (χ1v) is 6.37. The van der Waals surface area contributed by atoms with E-state index in [2.05, 4.69) is 10.6 Å². The summed E-state index contributed by atoms with van der Waals surface area (Å²) in [7, 11) is 6.33. The largest absolute Gasteiger partial charge is 0.497 e. The minimum atomic E-state index is -0.359. The fourth-order valence-electron chi connectivity index (χ4n) is 1.52. The Balaban J connectivity index is 2.64. The molecule has 0 aliphatic rings. The Kier molecular flexibility index (Phi) is 7.06. The van der Waals surface area contributed by atoms with Crippen LogP contribution in [0.2, 0.25) is 0 Å². The first-order chi connectivity index (χ1) is 9.64. The fourth-order valence-corrected chi connectivity index (χ4v) is 1.71. The smallest absolute Gasteiger partial charge is 0.174 e. The van der Waals surface area contributed by atoms with E-state index < -0.39 is 0 Å². The molecule has 0 aliphatic carbocycles. The van der Waals surface area contributed by atoms with Crippen LogP contribution in [0.4, 0.5) is 5.69 Å². The fraction of sp³-hybridized carbons (Fsp3) is 0.462. The van der Waals surface area contributed by atoms with Gasteiger partial charge in [0.2, 0.25) is 0 Å². The van der Waals surface area contributed by atoms with E-state index in [9.17, 15) is 0 Å². The van der Waals surface area contributed by atoms with Crippen LogP contribution in [0.15, 0.2) is 18.2 Å². The number of anilines is 1. The average Bonchev–Trinajstić information content (AvgIpc) is 2.48. The first kappa shape index (κ1) is 16.5. The molecule has 0 saturated heterocycles. The van der Waals surface area contributed by atoms with Crippen molar-refractivity contribution in [3.05, 3.63) is 18.2 Å². The molecular formula is C13H20N2O4S. The van der Waals surface area contributed by atoms with Crippen molar-refractivity contribution in [2.75, 3.05) is 40.3 Å². The summed E-state index contributed by atoms with van der Waals surface area (Å²) in [6.07, 6.45) is -0.359. The van der Waals surface area contributed by atoms with Gasteiger partial charge in [-0.2, -0.15) is 0 Å². The van der Waals surface area contributed by atoms with Crippen molar-refractivity contribution in [1.29, 1.82) is 0 Å². The van der Waals surface area contributed by atoms with Crippen LogP contribution < -0.4 is 20.1 Å². The minimum Gasteiger partial charge on any atom is -0.497 e. The van der Waals surface area contributed by atoms with Gasteiger partial charge in [0, 0.05) is 20.3 Å². The minimum absolute atomic E-state index is 0.359. The van der Waals surface area contributed by atoms with Crippen molar-refractivity contribution in [2.24, 2.45) is 0 Å². The van der Waals surface area contributed by atoms with Crippen molar-refractivity contribution >= 4 is 23.0 Å². The van der Waals surface area contributed by atoms with Gasteiger partial charge < -0.3 is 29.6 Å². The van der Waals surface area contributed by atoms with Crippen LogP contribution in [0.25, 0.3) is 0 Å². The third-order valence-electron chi connectivity index (χ3n) is 2.61. The van der Waals surface area contributed by atoms with Crippen LogP contribution in [0.1, 0.15) is 0 Å². The molecule has 7 heteroatoms. The average molecular weight is 300 g/mol. The maximum atomic E-state index is 5.26. The third-order valence-corrected chi connectivity index (χ3v) is 2.86. The Morgan fingerprint density at radius 1 is 1.15 bits per heavy atom. The van der Waals surface area contributed by atoms with Crippen LogP contribution in [-0.2, 0) is 9.47 Å². The molecule has 0 aromatic heterocycles. The molecule has 0 fully saturated rings. The highest BCUT2D eigenvalue weighted by atomic mass is 32.1. The monoisotopic (exact) mass is 300 g/mol. The van der Waals surface area contributed by atoms with E-state index in [0.717, 1.165) is 5.69 Å². The number of thiocarbonyl (C=S) groups is 1. The van der Waals surface area contributed by atoms with Gasteiger partial charge in [0.25, 0.3) is 0 Å². The molecule has 6 nitrogen and oxygen atoms in total. The predicted molar refractivity (Wildman–Crippen MR) is 81.6 cm³/mol. The molecule has 0 aliphatic heterocycles. The van der Waals surface area contributed by atoms with Crippen LogP contribution in [-0.4, -0.2) is 46.4 Å². The van der Waals surface area contributed by atoms with Crippen molar-refractivity contribution in [1.82, 2.24) is 5.32 Å². The summed E-state index contributed by atoms with van der Waals surface area (Å²) in [5.41, 5.74) is 0.718. The Labute approximate surface area is 124 Å². The summed E-state index contributed by atoms with van der Waals surface area (Å²) >= 11 is 5.21. The lowest BCUT2D eigenvalue weighted by Gasteiger charge is -2.17. The molecule has 0 spiro atoms. The highest BCUT2D eigenvalue weighted by molar-refractivity contribution is 7.80. The molecule has 112 valence electrons. The van der Waals surface area contributed by atoms with Crippen LogP contribution in [0.5, 0.6) is 11.5 Å². The molecule has 1 rings (SSSR count). The highest BCUT2D eigenvalue weighted by Gasteiger charge is 2.09. The van der Waals surface area contributed by atoms with Gasteiger partial charge in [0.1, 0.15) is 11.5 Å². The maximum Gasteiger partial charge on any atom is 0.174 e. The lowest BCUT2D eigenvalue weighted by molar-refractivity contribution is -0.0964. The highest BCUT2D eigenvalue weighted by Crippen LogP contribution is 2.28. The van der Waals surface area contributed by atoms with E-state index in [0.29, 0.717) is 23.2 Å². The maximum absolute atomic E-state index is 5.26. The quantitative estimate of drug-likeness (QED) is 0.586. The second kappa shape index (κ2) is 8.57. The second-order valence-electron chi connectivity index (χ2n) is 3.80. The molecule has 0 atom stereocenters. The molecule has 0 amide bonds. The van der Waals surface area contributed by atoms with Gasteiger partial charge in [-0.15, -0.1) is 0 Å². The van der Waals surface area contributed by atoms with E-state index in [1.807, 2.05) is 6.07 Å². The number of rotatable bonds is 7. The van der Waals surface area contributed by atoms with E-state index in [4.69, 9.17) is 31.2 Å². The summed E-state index contributed by atoms with van der Waals surface area (Å²) in [6.45, 7) is 0.436. The molecular weight excluding hydrogens is 280 g/mol. The molecule has 2 N–H and O–H groups in total. The van der Waals surface area contributed by atoms with Crippen LogP contribution >= 0.6 is 12.2 Å². The second-order valence-corrected chi connectivity index (χ2v) is 4.21. The van der Waals surface area contributed by atoms with Crippen LogP contribution in [0.3, 0.4) is 0 Å². The Bertz CT molecular complexity index is 438. The van der Waals surface area contributed by atoms with Gasteiger partial charge in [-0.3, -0.25) is 0 Å². The van der Waals surface area contributed by atoms with Gasteiger partial charge in [-0.05, 0) is 24.4 Å². The molecule has 0 unspecified atom stereocenters. The number of methoxy groups -OCH3 is 4. The molecule has 0 saturated carbocycles. The summed E-state index contributed by atoms with van der Waals surface area (Å²) in [4.78, 5) is 0. The lowest BCUT2D eigenvalue weighted by atomic mass is 10.2. The van der Waals surface area contributed by atoms with Crippen LogP contribution in [0, 0.1) is 0 Å².